The number of carbonyl (C=O) groups excluding carboxylic acids is 1. The topological polar surface area (TPSA) is 57.8 Å². The second-order valence-corrected chi connectivity index (χ2v) is 6.02. The third kappa shape index (κ3) is 3.94. The number of aromatic nitrogens is 2. The second-order valence-electron chi connectivity index (χ2n) is 6.02. The molecule has 3 rings (SSSR count). The predicted molar refractivity (Wildman–Crippen MR) is 95.7 cm³/mol. The van der Waals surface area contributed by atoms with Gasteiger partial charge in [-0.2, -0.15) is 5.10 Å². The Kier molecular flexibility index (Phi) is 4.93. The van der Waals surface area contributed by atoms with Gasteiger partial charge in [0.25, 0.3) is 5.91 Å². The van der Waals surface area contributed by atoms with Crippen molar-refractivity contribution in [3.05, 3.63) is 77.2 Å². The maximum Gasteiger partial charge on any atom is 0.269 e. The third-order valence-electron chi connectivity index (χ3n) is 4.16. The largest absolute Gasteiger partial charge is 0.344 e. The lowest BCUT2D eigenvalue weighted by atomic mass is 10.0. The molecule has 3 aromatic rings. The fraction of sp³-hybridized carbons (Fsp3) is 0.200. The molecule has 0 spiro atoms. The zero-order valence-electron chi connectivity index (χ0n) is 14.2. The molecular formula is C20H20FN3O. The number of aryl methyl sites for hydroxylation is 1. The van der Waals surface area contributed by atoms with Crippen LogP contribution < -0.4 is 5.32 Å². The molecule has 128 valence electrons. The van der Waals surface area contributed by atoms with E-state index in [-0.39, 0.29) is 17.8 Å². The van der Waals surface area contributed by atoms with Gasteiger partial charge in [0.1, 0.15) is 11.5 Å². The van der Waals surface area contributed by atoms with Crippen LogP contribution in [0.3, 0.4) is 0 Å². The van der Waals surface area contributed by atoms with E-state index in [4.69, 9.17) is 0 Å². The summed E-state index contributed by atoms with van der Waals surface area (Å²) in [5.74, 6) is -0.519. The molecule has 0 saturated carbocycles. The van der Waals surface area contributed by atoms with Gasteiger partial charge >= 0.3 is 0 Å². The van der Waals surface area contributed by atoms with Crippen molar-refractivity contribution in [1.82, 2.24) is 15.5 Å². The van der Waals surface area contributed by atoms with E-state index < -0.39 is 0 Å². The average molecular weight is 337 g/mol. The lowest BCUT2D eigenvalue weighted by Gasteiger charge is -2.17. The number of aromatic amines is 1. The first-order valence-electron chi connectivity index (χ1n) is 8.25. The summed E-state index contributed by atoms with van der Waals surface area (Å²) in [6, 6.07) is 15.7. The maximum atomic E-state index is 13.0. The summed E-state index contributed by atoms with van der Waals surface area (Å²) in [5.41, 5.74) is 3.99. The number of nitrogens with zero attached hydrogens (tertiary/aromatic N) is 1. The summed E-state index contributed by atoms with van der Waals surface area (Å²) < 4.78 is 13.0. The van der Waals surface area contributed by atoms with Crippen LogP contribution in [0.1, 0.15) is 41.0 Å². The zero-order chi connectivity index (χ0) is 17.8. The molecule has 0 aliphatic heterocycles. The first-order valence-corrected chi connectivity index (χ1v) is 8.25. The van der Waals surface area contributed by atoms with E-state index in [2.05, 4.69) is 15.5 Å². The molecule has 0 aliphatic rings. The van der Waals surface area contributed by atoms with Crippen LogP contribution in [0.4, 0.5) is 4.39 Å². The Hall–Kier alpha value is -2.95. The summed E-state index contributed by atoms with van der Waals surface area (Å²) in [7, 11) is 0. The molecule has 1 amide bonds. The van der Waals surface area contributed by atoms with Gasteiger partial charge < -0.3 is 5.32 Å². The Morgan fingerprint density at radius 2 is 1.84 bits per heavy atom. The highest BCUT2D eigenvalue weighted by Crippen LogP contribution is 2.20. The standard InChI is InChI=1S/C20H20FN3O/c1-3-17(14-6-4-13(2)5-7-14)22-20(25)19-12-18(23-24-19)15-8-10-16(21)11-9-15/h4-12,17H,3H2,1-2H3,(H,22,25)(H,23,24). The minimum Gasteiger partial charge on any atom is -0.344 e. The van der Waals surface area contributed by atoms with Gasteiger partial charge in [0.2, 0.25) is 0 Å². The summed E-state index contributed by atoms with van der Waals surface area (Å²) in [5, 5.41) is 9.92. The Balaban J connectivity index is 1.74. The quantitative estimate of drug-likeness (QED) is 0.725. The van der Waals surface area contributed by atoms with Gasteiger partial charge in [-0.1, -0.05) is 36.8 Å². The van der Waals surface area contributed by atoms with Gasteiger partial charge in [-0.05, 0) is 49.2 Å². The smallest absolute Gasteiger partial charge is 0.269 e. The fourth-order valence-corrected chi connectivity index (χ4v) is 2.66. The number of amides is 1. The number of H-pyrrole nitrogens is 1. The van der Waals surface area contributed by atoms with Crippen LogP contribution in [0.15, 0.2) is 54.6 Å². The summed E-state index contributed by atoms with van der Waals surface area (Å²) in [6.07, 6.45) is 0.785. The third-order valence-corrected chi connectivity index (χ3v) is 4.16. The van der Waals surface area contributed by atoms with E-state index in [0.717, 1.165) is 17.5 Å². The monoisotopic (exact) mass is 337 g/mol. The molecule has 0 saturated heterocycles. The summed E-state index contributed by atoms with van der Waals surface area (Å²) in [4.78, 5) is 12.5. The summed E-state index contributed by atoms with van der Waals surface area (Å²) >= 11 is 0. The van der Waals surface area contributed by atoms with Gasteiger partial charge in [-0.25, -0.2) is 4.39 Å². The van der Waals surface area contributed by atoms with Crippen molar-refractivity contribution in [3.63, 3.8) is 0 Å². The highest BCUT2D eigenvalue weighted by atomic mass is 19.1. The van der Waals surface area contributed by atoms with Crippen molar-refractivity contribution in [1.29, 1.82) is 0 Å². The van der Waals surface area contributed by atoms with Gasteiger partial charge in [-0.15, -0.1) is 0 Å². The number of hydrogen-bond donors (Lipinski definition) is 2. The van der Waals surface area contributed by atoms with Crippen LogP contribution in [-0.2, 0) is 0 Å². The first-order chi connectivity index (χ1) is 12.1. The summed E-state index contributed by atoms with van der Waals surface area (Å²) in [6.45, 7) is 4.06. The Morgan fingerprint density at radius 3 is 2.48 bits per heavy atom. The minimum absolute atomic E-state index is 0.0642. The molecule has 4 nitrogen and oxygen atoms in total. The van der Waals surface area contributed by atoms with Crippen molar-refractivity contribution in [2.45, 2.75) is 26.3 Å². The molecule has 1 atom stereocenters. The van der Waals surface area contributed by atoms with Crippen LogP contribution in [0, 0.1) is 12.7 Å². The van der Waals surface area contributed by atoms with E-state index >= 15 is 0 Å². The molecule has 25 heavy (non-hydrogen) atoms. The molecule has 1 unspecified atom stereocenters. The molecule has 2 N–H and O–H groups in total. The average Bonchev–Trinajstić information content (AvgIpc) is 3.11. The Bertz CT molecular complexity index is 853. The number of rotatable bonds is 5. The van der Waals surface area contributed by atoms with Crippen LogP contribution in [0.2, 0.25) is 0 Å². The van der Waals surface area contributed by atoms with Crippen LogP contribution >= 0.6 is 0 Å². The Morgan fingerprint density at radius 1 is 1.16 bits per heavy atom. The molecular weight excluding hydrogens is 317 g/mol. The van der Waals surface area contributed by atoms with E-state index in [9.17, 15) is 9.18 Å². The van der Waals surface area contributed by atoms with Crippen molar-refractivity contribution >= 4 is 5.91 Å². The Labute approximate surface area is 146 Å². The molecule has 0 bridgehead atoms. The first kappa shape index (κ1) is 16.9. The molecule has 1 heterocycles. The lowest BCUT2D eigenvalue weighted by molar-refractivity contribution is 0.0930. The van der Waals surface area contributed by atoms with E-state index in [1.54, 1.807) is 18.2 Å². The highest BCUT2D eigenvalue weighted by molar-refractivity contribution is 5.93. The zero-order valence-corrected chi connectivity index (χ0v) is 14.2. The maximum absolute atomic E-state index is 13.0. The van der Waals surface area contributed by atoms with E-state index in [0.29, 0.717) is 11.4 Å². The van der Waals surface area contributed by atoms with Gasteiger partial charge in [0, 0.05) is 5.56 Å². The van der Waals surface area contributed by atoms with Crippen molar-refractivity contribution in [2.75, 3.05) is 0 Å². The molecule has 5 heteroatoms. The number of benzene rings is 2. The van der Waals surface area contributed by atoms with Crippen LogP contribution in [-0.4, -0.2) is 16.1 Å². The van der Waals surface area contributed by atoms with Crippen LogP contribution in [0.5, 0.6) is 0 Å². The van der Waals surface area contributed by atoms with E-state index in [1.165, 1.54) is 17.7 Å². The van der Waals surface area contributed by atoms with Gasteiger partial charge in [-0.3, -0.25) is 9.89 Å². The molecule has 0 aliphatic carbocycles. The van der Waals surface area contributed by atoms with Crippen molar-refractivity contribution in [3.8, 4) is 11.3 Å². The molecule has 0 fully saturated rings. The van der Waals surface area contributed by atoms with Crippen LogP contribution in [0.25, 0.3) is 11.3 Å². The minimum atomic E-state index is -0.305. The van der Waals surface area contributed by atoms with Crippen molar-refractivity contribution < 1.29 is 9.18 Å². The second kappa shape index (κ2) is 7.30. The van der Waals surface area contributed by atoms with Crippen molar-refractivity contribution in [2.24, 2.45) is 0 Å². The van der Waals surface area contributed by atoms with Gasteiger partial charge in [0.15, 0.2) is 0 Å². The van der Waals surface area contributed by atoms with Gasteiger partial charge in [0.05, 0.1) is 11.7 Å². The SMILES string of the molecule is CCC(NC(=O)c1cc(-c2ccc(F)cc2)n[nH]1)c1ccc(C)cc1. The normalized spacial score (nSPS) is 12.0. The lowest BCUT2D eigenvalue weighted by Crippen LogP contribution is -2.28. The number of carbonyl (C=O) groups is 1. The fourth-order valence-electron chi connectivity index (χ4n) is 2.66. The molecule has 0 radical (unpaired) electrons. The molecule has 1 aromatic heterocycles. The predicted octanol–water partition coefficient (Wildman–Crippen LogP) is 4.41. The van der Waals surface area contributed by atoms with E-state index in [1.807, 2.05) is 38.1 Å². The highest BCUT2D eigenvalue weighted by Gasteiger charge is 2.16. The molecule has 2 aromatic carbocycles. The number of nitrogens with one attached hydrogen (secondary N) is 2. The number of halogens is 1. The number of hydrogen-bond acceptors (Lipinski definition) is 2.